The number of hydrogen-bond acceptors (Lipinski definition) is 2. The highest BCUT2D eigenvalue weighted by atomic mass is 19.1. The van der Waals surface area contributed by atoms with Gasteiger partial charge in [-0.15, -0.1) is 0 Å². The van der Waals surface area contributed by atoms with Crippen LogP contribution in [0.5, 0.6) is 0 Å². The summed E-state index contributed by atoms with van der Waals surface area (Å²) in [4.78, 5) is 13.6. The largest absolute Gasteiger partial charge is 0.323 e. The zero-order chi connectivity index (χ0) is 14.3. The standard InChI is InChI=1S/C14H18FN3O/c1-11(2)10-18(8-4-7-16)14(19)17-13-6-3-5-12(15)9-13/h3,5-6,9,11H,4,8,10H2,1-2H3,(H,17,19). The van der Waals surface area contributed by atoms with Gasteiger partial charge in [-0.3, -0.25) is 0 Å². The lowest BCUT2D eigenvalue weighted by molar-refractivity contribution is 0.206. The van der Waals surface area contributed by atoms with Crippen molar-refractivity contribution in [2.75, 3.05) is 18.4 Å². The summed E-state index contributed by atoms with van der Waals surface area (Å²) in [6, 6.07) is 7.44. The number of nitrogens with zero attached hydrogens (tertiary/aromatic N) is 2. The summed E-state index contributed by atoms with van der Waals surface area (Å²) in [6.07, 6.45) is 0.281. The van der Waals surface area contributed by atoms with Crippen LogP contribution in [0.2, 0.25) is 0 Å². The normalized spacial score (nSPS) is 10.1. The van der Waals surface area contributed by atoms with E-state index in [9.17, 15) is 9.18 Å². The molecular weight excluding hydrogens is 245 g/mol. The van der Waals surface area contributed by atoms with Gasteiger partial charge in [0.05, 0.1) is 12.5 Å². The van der Waals surface area contributed by atoms with Crippen molar-refractivity contribution in [2.45, 2.75) is 20.3 Å². The predicted molar refractivity (Wildman–Crippen MR) is 72.1 cm³/mol. The molecule has 0 atom stereocenters. The summed E-state index contributed by atoms with van der Waals surface area (Å²) in [6.45, 7) is 4.92. The maximum Gasteiger partial charge on any atom is 0.321 e. The molecule has 1 rings (SSSR count). The van der Waals surface area contributed by atoms with Crippen LogP contribution in [-0.2, 0) is 0 Å². The summed E-state index contributed by atoms with van der Waals surface area (Å²) in [5.41, 5.74) is 0.413. The number of carbonyl (C=O) groups excluding carboxylic acids is 1. The minimum atomic E-state index is -0.398. The second kappa shape index (κ2) is 7.37. The van der Waals surface area contributed by atoms with E-state index in [1.165, 1.54) is 18.2 Å². The van der Waals surface area contributed by atoms with Crippen LogP contribution in [-0.4, -0.2) is 24.0 Å². The van der Waals surface area contributed by atoms with Crippen LogP contribution in [0, 0.1) is 23.1 Å². The van der Waals surface area contributed by atoms with Gasteiger partial charge in [-0.25, -0.2) is 9.18 Å². The first kappa shape index (κ1) is 15.0. The maximum absolute atomic E-state index is 13.0. The van der Waals surface area contributed by atoms with Gasteiger partial charge in [0.25, 0.3) is 0 Å². The molecule has 0 spiro atoms. The molecule has 0 aromatic heterocycles. The third kappa shape index (κ3) is 5.38. The first-order valence-electron chi connectivity index (χ1n) is 6.21. The Kier molecular flexibility index (Phi) is 5.80. The van der Waals surface area contributed by atoms with Crippen molar-refractivity contribution in [1.82, 2.24) is 4.90 Å². The number of nitrogens with one attached hydrogen (secondary N) is 1. The minimum Gasteiger partial charge on any atom is -0.323 e. The zero-order valence-electron chi connectivity index (χ0n) is 11.2. The van der Waals surface area contributed by atoms with E-state index in [1.54, 1.807) is 11.0 Å². The number of nitriles is 1. The van der Waals surface area contributed by atoms with E-state index in [0.717, 1.165) is 0 Å². The molecule has 0 aliphatic carbocycles. The van der Waals surface area contributed by atoms with Crippen molar-refractivity contribution in [3.05, 3.63) is 30.1 Å². The van der Waals surface area contributed by atoms with Gasteiger partial charge in [0, 0.05) is 18.8 Å². The fourth-order valence-electron chi connectivity index (χ4n) is 1.67. The van der Waals surface area contributed by atoms with E-state index in [4.69, 9.17) is 5.26 Å². The van der Waals surface area contributed by atoms with Gasteiger partial charge in [-0.1, -0.05) is 19.9 Å². The number of hydrogen-bond donors (Lipinski definition) is 1. The number of anilines is 1. The monoisotopic (exact) mass is 263 g/mol. The van der Waals surface area contributed by atoms with Gasteiger partial charge < -0.3 is 10.2 Å². The van der Waals surface area contributed by atoms with Crippen molar-refractivity contribution in [1.29, 1.82) is 5.26 Å². The first-order valence-corrected chi connectivity index (χ1v) is 6.21. The molecule has 102 valence electrons. The van der Waals surface area contributed by atoms with Crippen LogP contribution in [0.4, 0.5) is 14.9 Å². The van der Waals surface area contributed by atoms with E-state index >= 15 is 0 Å². The van der Waals surface area contributed by atoms with Crippen LogP contribution in [0.1, 0.15) is 20.3 Å². The van der Waals surface area contributed by atoms with E-state index in [0.29, 0.717) is 24.7 Å². The second-order valence-electron chi connectivity index (χ2n) is 4.69. The molecule has 0 saturated heterocycles. The van der Waals surface area contributed by atoms with Crippen LogP contribution in [0.3, 0.4) is 0 Å². The molecule has 1 aromatic rings. The van der Waals surface area contributed by atoms with Gasteiger partial charge in [0.15, 0.2) is 0 Å². The van der Waals surface area contributed by atoms with Crippen molar-refractivity contribution >= 4 is 11.7 Å². The molecule has 0 radical (unpaired) electrons. The SMILES string of the molecule is CC(C)CN(CCC#N)C(=O)Nc1cccc(F)c1. The fraction of sp³-hybridized carbons (Fsp3) is 0.429. The average Bonchev–Trinajstić information content (AvgIpc) is 2.34. The number of urea groups is 1. The smallest absolute Gasteiger partial charge is 0.321 e. The van der Waals surface area contributed by atoms with E-state index < -0.39 is 5.82 Å². The van der Waals surface area contributed by atoms with Crippen molar-refractivity contribution in [3.8, 4) is 6.07 Å². The number of amides is 2. The van der Waals surface area contributed by atoms with Crippen LogP contribution in [0.25, 0.3) is 0 Å². The summed E-state index contributed by atoms with van der Waals surface area (Å²) >= 11 is 0. The highest BCUT2D eigenvalue weighted by molar-refractivity contribution is 5.89. The third-order valence-electron chi connectivity index (χ3n) is 2.44. The molecule has 0 bridgehead atoms. The third-order valence-corrected chi connectivity index (χ3v) is 2.44. The highest BCUT2D eigenvalue weighted by Crippen LogP contribution is 2.11. The van der Waals surface area contributed by atoms with Gasteiger partial charge in [-0.2, -0.15) is 5.26 Å². The Morgan fingerprint density at radius 3 is 2.84 bits per heavy atom. The van der Waals surface area contributed by atoms with E-state index in [1.807, 2.05) is 19.9 Å². The summed E-state index contributed by atoms with van der Waals surface area (Å²) in [5, 5.41) is 11.2. The van der Waals surface area contributed by atoms with Gasteiger partial charge in [-0.05, 0) is 24.1 Å². The Morgan fingerprint density at radius 2 is 2.26 bits per heavy atom. The van der Waals surface area contributed by atoms with E-state index in [-0.39, 0.29) is 12.5 Å². The molecule has 0 fully saturated rings. The molecule has 2 amide bonds. The Hall–Kier alpha value is -2.09. The van der Waals surface area contributed by atoms with Crippen molar-refractivity contribution in [2.24, 2.45) is 5.92 Å². The zero-order valence-corrected chi connectivity index (χ0v) is 11.2. The predicted octanol–water partition coefficient (Wildman–Crippen LogP) is 3.23. The highest BCUT2D eigenvalue weighted by Gasteiger charge is 2.14. The summed E-state index contributed by atoms with van der Waals surface area (Å²) in [7, 11) is 0. The Morgan fingerprint density at radius 1 is 1.53 bits per heavy atom. The Balaban J connectivity index is 2.68. The minimum absolute atomic E-state index is 0.281. The van der Waals surface area contributed by atoms with Crippen LogP contribution in [0.15, 0.2) is 24.3 Å². The number of rotatable bonds is 5. The van der Waals surface area contributed by atoms with Crippen LogP contribution >= 0.6 is 0 Å². The topological polar surface area (TPSA) is 56.1 Å². The lowest BCUT2D eigenvalue weighted by Gasteiger charge is -2.24. The molecular formula is C14H18FN3O. The van der Waals surface area contributed by atoms with Gasteiger partial charge in [0.2, 0.25) is 0 Å². The molecule has 5 heteroatoms. The molecule has 0 unspecified atom stereocenters. The van der Waals surface area contributed by atoms with Gasteiger partial charge in [0.1, 0.15) is 5.82 Å². The number of carbonyl (C=O) groups is 1. The molecule has 0 saturated carbocycles. The molecule has 0 aliphatic heterocycles. The summed E-state index contributed by atoms with van der Waals surface area (Å²) in [5.74, 6) is -0.0952. The fourth-order valence-corrected chi connectivity index (χ4v) is 1.67. The van der Waals surface area contributed by atoms with Crippen molar-refractivity contribution in [3.63, 3.8) is 0 Å². The molecule has 0 heterocycles. The maximum atomic E-state index is 13.0. The van der Waals surface area contributed by atoms with Gasteiger partial charge >= 0.3 is 6.03 Å². The Labute approximate surface area is 112 Å². The molecule has 4 nitrogen and oxygen atoms in total. The molecule has 1 N–H and O–H groups in total. The molecule has 0 aliphatic rings. The number of halogens is 1. The Bertz CT molecular complexity index is 468. The first-order chi connectivity index (χ1) is 9.02. The van der Waals surface area contributed by atoms with Crippen molar-refractivity contribution < 1.29 is 9.18 Å². The lowest BCUT2D eigenvalue weighted by atomic mass is 10.2. The second-order valence-corrected chi connectivity index (χ2v) is 4.69. The van der Waals surface area contributed by atoms with E-state index in [2.05, 4.69) is 5.32 Å². The number of benzene rings is 1. The quantitative estimate of drug-likeness (QED) is 0.886. The lowest BCUT2D eigenvalue weighted by Crippen LogP contribution is -2.38. The van der Waals surface area contributed by atoms with Crippen LogP contribution < -0.4 is 5.32 Å². The molecule has 19 heavy (non-hydrogen) atoms. The molecule has 1 aromatic carbocycles. The average molecular weight is 263 g/mol. The summed E-state index contributed by atoms with van der Waals surface area (Å²) < 4.78 is 13.0.